The van der Waals surface area contributed by atoms with Gasteiger partial charge in [0.1, 0.15) is 11.8 Å². The van der Waals surface area contributed by atoms with Crippen molar-refractivity contribution < 1.29 is 14.2 Å². The summed E-state index contributed by atoms with van der Waals surface area (Å²) in [5, 5.41) is 9.39. The van der Waals surface area contributed by atoms with Crippen LogP contribution in [0.2, 0.25) is 5.02 Å². The highest BCUT2D eigenvalue weighted by Gasteiger charge is 2.18. The van der Waals surface area contributed by atoms with Crippen LogP contribution in [0.1, 0.15) is 49.6 Å². The maximum absolute atomic E-state index is 6.07. The number of methoxy groups -OCH3 is 1. The van der Waals surface area contributed by atoms with E-state index in [0.717, 1.165) is 47.6 Å². The molecule has 166 valence electrons. The van der Waals surface area contributed by atoms with E-state index in [0.29, 0.717) is 24.8 Å². The molecular formula is C24H30ClN3O3. The molecule has 0 saturated heterocycles. The van der Waals surface area contributed by atoms with Crippen molar-refractivity contribution in [1.82, 2.24) is 15.0 Å². The molecule has 1 heterocycles. The van der Waals surface area contributed by atoms with Gasteiger partial charge in [-0.2, -0.15) is 0 Å². The van der Waals surface area contributed by atoms with E-state index in [1.165, 1.54) is 0 Å². The number of aromatic nitrogens is 3. The number of rotatable bonds is 12. The lowest BCUT2D eigenvalue weighted by Crippen LogP contribution is -2.08. The number of halogens is 1. The van der Waals surface area contributed by atoms with Gasteiger partial charge in [-0.3, -0.25) is 4.68 Å². The quantitative estimate of drug-likeness (QED) is 0.370. The number of nitrogens with zero attached hydrogens (tertiary/aromatic N) is 3. The Labute approximate surface area is 189 Å². The molecule has 3 rings (SSSR count). The van der Waals surface area contributed by atoms with Gasteiger partial charge in [0.05, 0.1) is 19.9 Å². The Morgan fingerprint density at radius 1 is 1.00 bits per heavy atom. The molecule has 7 heteroatoms. The zero-order valence-corrected chi connectivity index (χ0v) is 19.1. The molecule has 6 nitrogen and oxygen atoms in total. The van der Waals surface area contributed by atoms with Crippen molar-refractivity contribution in [3.8, 4) is 11.5 Å². The van der Waals surface area contributed by atoms with E-state index in [2.05, 4.69) is 30.2 Å². The molecule has 31 heavy (non-hydrogen) atoms. The summed E-state index contributed by atoms with van der Waals surface area (Å²) in [6.07, 6.45) is 4.37. The largest absolute Gasteiger partial charge is 0.493 e. The minimum atomic E-state index is -0.263. The molecule has 1 atom stereocenters. The Hall–Kier alpha value is -2.57. The molecular weight excluding hydrogens is 414 g/mol. The Morgan fingerprint density at radius 2 is 1.77 bits per heavy atom. The van der Waals surface area contributed by atoms with Crippen LogP contribution in [0.3, 0.4) is 0 Å². The molecule has 2 aromatic carbocycles. The van der Waals surface area contributed by atoms with Gasteiger partial charge < -0.3 is 14.2 Å². The fourth-order valence-electron chi connectivity index (χ4n) is 3.21. The van der Waals surface area contributed by atoms with Gasteiger partial charge in [-0.1, -0.05) is 48.9 Å². The first-order valence-electron chi connectivity index (χ1n) is 10.7. The van der Waals surface area contributed by atoms with E-state index < -0.39 is 0 Å². The van der Waals surface area contributed by atoms with Crippen LogP contribution in [0.5, 0.6) is 11.5 Å². The summed E-state index contributed by atoms with van der Waals surface area (Å²) in [5.41, 5.74) is 2.95. The van der Waals surface area contributed by atoms with Crippen molar-refractivity contribution >= 4 is 11.6 Å². The number of hydrogen-bond acceptors (Lipinski definition) is 5. The molecule has 1 unspecified atom stereocenters. The Kier molecular flexibility index (Phi) is 8.74. The third-order valence-electron chi connectivity index (χ3n) is 4.81. The molecule has 0 bridgehead atoms. The zero-order valence-electron chi connectivity index (χ0n) is 18.4. The predicted octanol–water partition coefficient (Wildman–Crippen LogP) is 5.49. The predicted molar refractivity (Wildman–Crippen MR) is 122 cm³/mol. The molecule has 0 radical (unpaired) electrons. The van der Waals surface area contributed by atoms with E-state index in [9.17, 15) is 0 Å². The van der Waals surface area contributed by atoms with Crippen LogP contribution in [0.4, 0.5) is 0 Å². The smallest absolute Gasteiger partial charge is 0.161 e. The first-order valence-corrected chi connectivity index (χ1v) is 11.1. The van der Waals surface area contributed by atoms with Crippen molar-refractivity contribution in [1.29, 1.82) is 0 Å². The molecule has 3 aromatic rings. The number of benzene rings is 2. The summed E-state index contributed by atoms with van der Waals surface area (Å²) in [4.78, 5) is 0. The summed E-state index contributed by atoms with van der Waals surface area (Å²) in [6, 6.07) is 13.7. The van der Waals surface area contributed by atoms with Crippen molar-refractivity contribution in [2.24, 2.45) is 0 Å². The first-order chi connectivity index (χ1) is 15.1. The summed E-state index contributed by atoms with van der Waals surface area (Å²) in [6.45, 7) is 6.18. The maximum atomic E-state index is 6.07. The fraction of sp³-hybridized carbons (Fsp3) is 0.417. The van der Waals surface area contributed by atoms with E-state index in [1.807, 2.05) is 47.3 Å². The van der Waals surface area contributed by atoms with Gasteiger partial charge in [-0.05, 0) is 54.7 Å². The van der Waals surface area contributed by atoms with Crippen molar-refractivity contribution in [2.75, 3.05) is 20.3 Å². The van der Waals surface area contributed by atoms with Gasteiger partial charge in [0.2, 0.25) is 0 Å². The van der Waals surface area contributed by atoms with Crippen LogP contribution >= 0.6 is 11.6 Å². The molecule has 0 spiro atoms. The third kappa shape index (κ3) is 6.45. The van der Waals surface area contributed by atoms with Crippen LogP contribution < -0.4 is 9.47 Å². The molecule has 0 N–H and O–H groups in total. The third-order valence-corrected chi connectivity index (χ3v) is 5.06. The highest BCUT2D eigenvalue weighted by atomic mass is 35.5. The number of ether oxygens (including phenoxy) is 3. The zero-order chi connectivity index (χ0) is 22.1. The molecule has 0 aliphatic rings. The van der Waals surface area contributed by atoms with Crippen LogP contribution in [0, 0.1) is 0 Å². The van der Waals surface area contributed by atoms with E-state index in [1.54, 1.807) is 7.11 Å². The second-order valence-corrected chi connectivity index (χ2v) is 7.73. The standard InChI is InChI=1S/C24H30ClN3O3/c1-4-14-30-23-16-18(6-11-22(23)29-3)12-13-28-17-21(26-27-28)24(31-15-5-2)19-7-9-20(25)10-8-19/h6-11,16-17,24H,4-5,12-15H2,1-3H3. The van der Waals surface area contributed by atoms with Crippen molar-refractivity contribution in [3.63, 3.8) is 0 Å². The molecule has 1 aromatic heterocycles. The molecule has 0 aliphatic carbocycles. The fourth-order valence-corrected chi connectivity index (χ4v) is 3.34. The van der Waals surface area contributed by atoms with Crippen LogP contribution in [0.15, 0.2) is 48.7 Å². The van der Waals surface area contributed by atoms with Gasteiger partial charge in [0, 0.05) is 18.2 Å². The Morgan fingerprint density at radius 3 is 2.48 bits per heavy atom. The lowest BCUT2D eigenvalue weighted by Gasteiger charge is -2.15. The summed E-state index contributed by atoms with van der Waals surface area (Å²) < 4.78 is 19.1. The average Bonchev–Trinajstić information content (AvgIpc) is 3.26. The highest BCUT2D eigenvalue weighted by Crippen LogP contribution is 2.29. The van der Waals surface area contributed by atoms with E-state index in [-0.39, 0.29) is 6.10 Å². The van der Waals surface area contributed by atoms with Gasteiger partial charge in [0.25, 0.3) is 0 Å². The number of aryl methyl sites for hydroxylation is 2. The second kappa shape index (κ2) is 11.7. The highest BCUT2D eigenvalue weighted by molar-refractivity contribution is 6.30. The lowest BCUT2D eigenvalue weighted by atomic mass is 10.1. The van der Waals surface area contributed by atoms with Crippen LogP contribution in [-0.2, 0) is 17.7 Å². The first kappa shape index (κ1) is 23.1. The SMILES string of the molecule is CCCOc1cc(CCn2cc(C(OCCC)c3ccc(Cl)cc3)nn2)ccc1OC. The summed E-state index contributed by atoms with van der Waals surface area (Å²) in [5.74, 6) is 1.52. The maximum Gasteiger partial charge on any atom is 0.161 e. The van der Waals surface area contributed by atoms with Gasteiger partial charge in [0.15, 0.2) is 11.5 Å². The normalized spacial score (nSPS) is 12.0. The second-order valence-electron chi connectivity index (χ2n) is 7.29. The Bertz CT molecular complexity index is 943. The monoisotopic (exact) mass is 443 g/mol. The minimum absolute atomic E-state index is 0.263. The molecule has 0 saturated carbocycles. The minimum Gasteiger partial charge on any atom is -0.493 e. The molecule has 0 amide bonds. The summed E-state index contributed by atoms with van der Waals surface area (Å²) >= 11 is 6.04. The molecule has 0 aliphatic heterocycles. The van der Waals surface area contributed by atoms with Crippen LogP contribution in [0.25, 0.3) is 0 Å². The van der Waals surface area contributed by atoms with Gasteiger partial charge in [-0.25, -0.2) is 0 Å². The summed E-state index contributed by atoms with van der Waals surface area (Å²) in [7, 11) is 1.66. The average molecular weight is 444 g/mol. The molecule has 0 fully saturated rings. The van der Waals surface area contributed by atoms with E-state index >= 15 is 0 Å². The van der Waals surface area contributed by atoms with E-state index in [4.69, 9.17) is 25.8 Å². The number of hydrogen-bond donors (Lipinski definition) is 0. The van der Waals surface area contributed by atoms with Gasteiger partial charge >= 0.3 is 0 Å². The van der Waals surface area contributed by atoms with Crippen LogP contribution in [-0.4, -0.2) is 35.3 Å². The Balaban J connectivity index is 1.70. The van der Waals surface area contributed by atoms with Crippen molar-refractivity contribution in [3.05, 3.63) is 70.5 Å². The van der Waals surface area contributed by atoms with Crippen molar-refractivity contribution in [2.45, 2.75) is 45.8 Å². The van der Waals surface area contributed by atoms with Gasteiger partial charge in [-0.15, -0.1) is 5.10 Å². The lowest BCUT2D eigenvalue weighted by molar-refractivity contribution is 0.0777. The topological polar surface area (TPSA) is 58.4 Å².